The quantitative estimate of drug-likeness (QED) is 0.471. The second-order valence-electron chi connectivity index (χ2n) is 5.57. The number of fused-ring (bicyclic) bond motifs is 1. The van der Waals surface area contributed by atoms with Crippen LogP contribution in [0.3, 0.4) is 0 Å². The van der Waals surface area contributed by atoms with Gasteiger partial charge in [0, 0.05) is 12.7 Å². The lowest BCUT2D eigenvalue weighted by atomic mass is 10.3. The molecule has 0 fully saturated rings. The number of hydrogen-bond acceptors (Lipinski definition) is 6. The largest absolute Gasteiger partial charge is 0.506 e. The highest BCUT2D eigenvalue weighted by Crippen LogP contribution is 2.32. The lowest BCUT2D eigenvalue weighted by molar-refractivity contribution is 0.475. The number of aromatic nitrogens is 4. The number of hydrogen-bond donors (Lipinski definition) is 2. The summed E-state index contributed by atoms with van der Waals surface area (Å²) in [6.07, 6.45) is 0. The van der Waals surface area contributed by atoms with Gasteiger partial charge in [0.05, 0.1) is 15.6 Å². The van der Waals surface area contributed by atoms with Gasteiger partial charge in [-0.05, 0) is 36.6 Å². The Morgan fingerprint density at radius 2 is 2.04 bits per heavy atom. The molecule has 0 saturated heterocycles. The average Bonchev–Trinajstić information content (AvgIpc) is 3.20. The Hall–Kier alpha value is -2.35. The van der Waals surface area contributed by atoms with Gasteiger partial charge in [0.2, 0.25) is 0 Å². The molecule has 3 aromatic heterocycles. The van der Waals surface area contributed by atoms with E-state index in [1.54, 1.807) is 28.2 Å². The van der Waals surface area contributed by atoms with Crippen molar-refractivity contribution in [2.45, 2.75) is 6.92 Å². The van der Waals surface area contributed by atoms with Crippen LogP contribution in [-0.2, 0) is 7.05 Å². The number of rotatable bonds is 3. The fourth-order valence-electron chi connectivity index (χ4n) is 2.66. The highest BCUT2D eigenvalue weighted by molar-refractivity contribution is 7.13. The predicted octanol–water partition coefficient (Wildman–Crippen LogP) is 4.92. The van der Waals surface area contributed by atoms with E-state index in [9.17, 15) is 5.11 Å². The first kappa shape index (κ1) is 18.4. The molecule has 0 atom stereocenters. The molecule has 0 spiro atoms. The fraction of sp³-hybridized carbons (Fsp3) is 0.118. The topological polar surface area (TPSA) is 75.9 Å². The summed E-state index contributed by atoms with van der Waals surface area (Å²) in [5.41, 5.74) is 3.17. The van der Waals surface area contributed by atoms with Crippen LogP contribution in [-0.4, -0.2) is 24.9 Å². The third kappa shape index (κ3) is 3.21. The van der Waals surface area contributed by atoms with Gasteiger partial charge in [0.15, 0.2) is 11.6 Å². The molecule has 0 aliphatic rings. The molecule has 0 radical (unpaired) electrons. The van der Waals surface area contributed by atoms with Gasteiger partial charge in [-0.3, -0.25) is 4.68 Å². The van der Waals surface area contributed by atoms with E-state index in [-0.39, 0.29) is 23.2 Å². The number of benzene rings is 1. The minimum absolute atomic E-state index is 0. The molecule has 0 aliphatic carbocycles. The summed E-state index contributed by atoms with van der Waals surface area (Å²) in [5, 5.41) is 19.6. The zero-order valence-electron chi connectivity index (χ0n) is 13.9. The van der Waals surface area contributed by atoms with Gasteiger partial charge in [-0.25, -0.2) is 9.97 Å². The molecule has 0 saturated carbocycles. The molecular formula is C17H15Cl2N5OS. The van der Waals surface area contributed by atoms with Crippen molar-refractivity contribution in [3.63, 3.8) is 0 Å². The first-order chi connectivity index (χ1) is 12.0. The molecule has 4 rings (SSSR count). The summed E-state index contributed by atoms with van der Waals surface area (Å²) in [6.45, 7) is 1.93. The van der Waals surface area contributed by atoms with Crippen molar-refractivity contribution in [1.29, 1.82) is 0 Å². The Kier molecular flexibility index (Phi) is 5.04. The zero-order chi connectivity index (χ0) is 17.6. The van der Waals surface area contributed by atoms with Crippen molar-refractivity contribution < 1.29 is 5.11 Å². The fourth-order valence-corrected chi connectivity index (χ4v) is 3.50. The minimum Gasteiger partial charge on any atom is -0.506 e. The van der Waals surface area contributed by atoms with Crippen LogP contribution in [0.1, 0.15) is 5.69 Å². The minimum atomic E-state index is 0. The Morgan fingerprint density at radius 1 is 1.23 bits per heavy atom. The molecule has 6 nitrogen and oxygen atoms in total. The van der Waals surface area contributed by atoms with E-state index < -0.39 is 0 Å². The maximum absolute atomic E-state index is 9.60. The molecule has 2 N–H and O–H groups in total. The normalized spacial score (nSPS) is 10.7. The van der Waals surface area contributed by atoms with Crippen LogP contribution in [0.5, 0.6) is 5.75 Å². The van der Waals surface area contributed by atoms with Crippen molar-refractivity contribution in [3.8, 4) is 16.5 Å². The second-order valence-corrected chi connectivity index (χ2v) is 6.93. The summed E-state index contributed by atoms with van der Waals surface area (Å²) in [5.74, 6) is 1.32. The van der Waals surface area contributed by atoms with E-state index >= 15 is 0 Å². The smallest absolute Gasteiger partial charge is 0.172 e. The number of thiophene rings is 1. The van der Waals surface area contributed by atoms with Gasteiger partial charge in [-0.15, -0.1) is 23.7 Å². The highest BCUT2D eigenvalue weighted by atomic mass is 35.5. The van der Waals surface area contributed by atoms with E-state index in [4.69, 9.17) is 11.6 Å². The number of phenols is 1. The molecular weight excluding hydrogens is 393 g/mol. The van der Waals surface area contributed by atoms with Crippen LogP contribution in [0.4, 0.5) is 11.5 Å². The Morgan fingerprint density at radius 3 is 2.73 bits per heavy atom. The molecule has 3 heterocycles. The van der Waals surface area contributed by atoms with Crippen LogP contribution < -0.4 is 5.32 Å². The van der Waals surface area contributed by atoms with Crippen molar-refractivity contribution in [2.75, 3.05) is 5.32 Å². The van der Waals surface area contributed by atoms with Gasteiger partial charge in [-0.2, -0.15) is 5.10 Å². The Balaban J connectivity index is 0.00000196. The Labute approximate surface area is 164 Å². The Bertz CT molecular complexity index is 1080. The van der Waals surface area contributed by atoms with Crippen LogP contribution in [0, 0.1) is 6.92 Å². The highest BCUT2D eigenvalue weighted by Gasteiger charge is 2.17. The first-order valence-corrected chi connectivity index (χ1v) is 8.79. The number of aryl methyl sites for hydroxylation is 2. The monoisotopic (exact) mass is 407 g/mol. The van der Waals surface area contributed by atoms with Crippen LogP contribution >= 0.6 is 35.3 Å². The number of phenolic OH excluding ortho intramolecular Hbond substituents is 1. The summed E-state index contributed by atoms with van der Waals surface area (Å²) in [6, 6.07) is 8.88. The first-order valence-electron chi connectivity index (χ1n) is 7.53. The molecule has 0 bridgehead atoms. The van der Waals surface area contributed by atoms with Gasteiger partial charge in [-0.1, -0.05) is 17.7 Å². The summed E-state index contributed by atoms with van der Waals surface area (Å²) >= 11 is 7.59. The molecule has 0 unspecified atom stereocenters. The van der Waals surface area contributed by atoms with Gasteiger partial charge in [0.1, 0.15) is 16.8 Å². The number of nitrogens with zero attached hydrogens (tertiary/aromatic N) is 4. The second kappa shape index (κ2) is 7.11. The van der Waals surface area contributed by atoms with E-state index in [2.05, 4.69) is 20.4 Å². The lowest BCUT2D eigenvalue weighted by Gasteiger charge is -2.10. The molecule has 4 aromatic rings. The summed E-state index contributed by atoms with van der Waals surface area (Å²) < 4.78 is 1.76. The van der Waals surface area contributed by atoms with Crippen molar-refractivity contribution in [2.24, 2.45) is 7.05 Å². The molecule has 0 amide bonds. The van der Waals surface area contributed by atoms with E-state index in [1.807, 2.05) is 31.5 Å². The predicted molar refractivity (Wildman–Crippen MR) is 108 cm³/mol. The number of nitrogens with one attached hydrogen (secondary N) is 1. The van der Waals surface area contributed by atoms with Crippen molar-refractivity contribution >= 4 is 57.9 Å². The average molecular weight is 408 g/mol. The van der Waals surface area contributed by atoms with Gasteiger partial charge < -0.3 is 10.4 Å². The molecule has 1 aromatic carbocycles. The maximum Gasteiger partial charge on any atom is 0.172 e. The third-order valence-electron chi connectivity index (χ3n) is 3.80. The van der Waals surface area contributed by atoms with E-state index in [1.165, 1.54) is 6.07 Å². The number of anilines is 2. The SMILES string of the molecule is Cc1nn(C)c2c(Nc3ccc(O)c(Cl)c3)nc(-c3cccs3)nc12.Cl. The lowest BCUT2D eigenvalue weighted by Crippen LogP contribution is -2.01. The zero-order valence-corrected chi connectivity index (χ0v) is 16.3. The number of halogens is 2. The van der Waals surface area contributed by atoms with Crippen molar-refractivity contribution in [1.82, 2.24) is 19.7 Å². The summed E-state index contributed by atoms with van der Waals surface area (Å²) in [4.78, 5) is 10.4. The van der Waals surface area contributed by atoms with Gasteiger partial charge in [0.25, 0.3) is 0 Å². The van der Waals surface area contributed by atoms with E-state index in [0.29, 0.717) is 11.6 Å². The standard InChI is InChI=1S/C17H14ClN5OS.ClH/c1-9-14-15(23(2)22-9)17(19-10-5-6-12(24)11(18)8-10)21-16(20-14)13-4-3-7-25-13;/h3-8,24H,1-2H3,(H,19,20,21);1H. The number of aromatic hydroxyl groups is 1. The third-order valence-corrected chi connectivity index (χ3v) is 4.97. The van der Waals surface area contributed by atoms with E-state index in [0.717, 1.165) is 27.3 Å². The van der Waals surface area contributed by atoms with Crippen LogP contribution in [0.15, 0.2) is 35.7 Å². The molecule has 9 heteroatoms. The molecule has 134 valence electrons. The van der Waals surface area contributed by atoms with Crippen LogP contribution in [0.2, 0.25) is 5.02 Å². The van der Waals surface area contributed by atoms with Crippen molar-refractivity contribution in [3.05, 3.63) is 46.4 Å². The van der Waals surface area contributed by atoms with Crippen LogP contribution in [0.25, 0.3) is 21.7 Å². The molecule has 0 aliphatic heterocycles. The van der Waals surface area contributed by atoms with Gasteiger partial charge >= 0.3 is 0 Å². The molecule has 26 heavy (non-hydrogen) atoms. The summed E-state index contributed by atoms with van der Waals surface area (Å²) in [7, 11) is 1.86. The maximum atomic E-state index is 9.60.